The molecule has 0 aliphatic heterocycles. The summed E-state index contributed by atoms with van der Waals surface area (Å²) in [5.74, 6) is -0.211. The van der Waals surface area contributed by atoms with Crippen LogP contribution in [0.3, 0.4) is 0 Å². The van der Waals surface area contributed by atoms with Gasteiger partial charge in [0, 0.05) is 22.4 Å². The normalized spacial score (nSPS) is 12.5. The number of hydrogen-bond acceptors (Lipinski definition) is 3. The number of ether oxygens (including phenoxy) is 1. The van der Waals surface area contributed by atoms with E-state index in [4.69, 9.17) is 4.74 Å². The van der Waals surface area contributed by atoms with Gasteiger partial charge in [-0.05, 0) is 17.5 Å². The summed E-state index contributed by atoms with van der Waals surface area (Å²) in [6, 6.07) is 4.92. The lowest BCUT2D eigenvalue weighted by molar-refractivity contribution is -0.139. The summed E-state index contributed by atoms with van der Waals surface area (Å²) >= 11 is 1.56. The number of aromatic nitrogens is 1. The number of thiophene rings is 1. The number of nitrogens with zero attached hydrogens (tertiary/aromatic N) is 1. The molecule has 6 heteroatoms. The van der Waals surface area contributed by atoms with Crippen molar-refractivity contribution in [3.63, 3.8) is 0 Å². The fourth-order valence-corrected chi connectivity index (χ4v) is 2.60. The summed E-state index contributed by atoms with van der Waals surface area (Å²) in [4.78, 5) is 5.19. The molecule has 0 N–H and O–H groups in total. The predicted octanol–water partition coefficient (Wildman–Crippen LogP) is 5.08. The molecule has 0 atom stereocenters. The predicted molar refractivity (Wildman–Crippen MR) is 81.5 cm³/mol. The van der Waals surface area contributed by atoms with Crippen molar-refractivity contribution in [2.24, 2.45) is 0 Å². The first kappa shape index (κ1) is 16.8. The van der Waals surface area contributed by atoms with Crippen molar-refractivity contribution in [3.8, 4) is 5.75 Å². The number of hydrogen-bond donors (Lipinski definition) is 0. The lowest BCUT2D eigenvalue weighted by Gasteiger charge is -2.21. The van der Waals surface area contributed by atoms with Crippen LogP contribution in [0.1, 0.15) is 36.9 Å². The summed E-state index contributed by atoms with van der Waals surface area (Å²) in [7, 11) is 0. The average Bonchev–Trinajstić information content (AvgIpc) is 2.89. The Balaban J connectivity index is 2.19. The van der Waals surface area contributed by atoms with E-state index < -0.39 is 17.2 Å². The Morgan fingerprint density at radius 1 is 1.23 bits per heavy atom. The van der Waals surface area contributed by atoms with Crippen molar-refractivity contribution in [2.75, 3.05) is 6.61 Å². The van der Waals surface area contributed by atoms with E-state index in [9.17, 15) is 13.2 Å². The summed E-state index contributed by atoms with van der Waals surface area (Å²) in [6.45, 7) is 5.67. The van der Waals surface area contributed by atoms with Crippen LogP contribution in [0.5, 0.6) is 5.75 Å². The molecule has 0 amide bonds. The third-order valence-electron chi connectivity index (χ3n) is 3.13. The van der Waals surface area contributed by atoms with Crippen LogP contribution in [-0.2, 0) is 18.0 Å². The lowest BCUT2D eigenvalue weighted by Crippen LogP contribution is -2.17. The molecule has 0 aromatic carbocycles. The van der Waals surface area contributed by atoms with E-state index in [2.05, 4.69) is 4.98 Å². The van der Waals surface area contributed by atoms with E-state index in [-0.39, 0.29) is 12.4 Å². The highest BCUT2D eigenvalue weighted by Gasteiger charge is 2.36. The SMILES string of the molecule is CC(C)(C)c1cc(C(F)(F)F)c(OCCc2cccs2)cn1. The largest absolute Gasteiger partial charge is 0.491 e. The van der Waals surface area contributed by atoms with Gasteiger partial charge in [-0.3, -0.25) is 4.98 Å². The first-order valence-corrected chi connectivity index (χ1v) is 7.79. The standard InChI is InChI=1S/C16H18F3NOS/c1-15(2,3)14-9-12(16(17,18)19)13(10-20-14)21-7-6-11-5-4-8-22-11/h4-5,8-10H,6-7H2,1-3H3. The van der Waals surface area contributed by atoms with E-state index in [1.54, 1.807) is 11.3 Å². The summed E-state index contributed by atoms with van der Waals surface area (Å²) in [5.41, 5.74) is -0.820. The molecular weight excluding hydrogens is 311 g/mol. The maximum Gasteiger partial charge on any atom is 0.420 e. The smallest absolute Gasteiger partial charge is 0.420 e. The molecule has 2 aromatic heterocycles. The average molecular weight is 329 g/mol. The second-order valence-corrected chi connectivity index (χ2v) is 7.02. The molecule has 0 saturated heterocycles. The van der Waals surface area contributed by atoms with Crippen molar-refractivity contribution in [1.29, 1.82) is 0 Å². The Hall–Kier alpha value is -1.56. The van der Waals surface area contributed by atoms with Gasteiger partial charge in [-0.2, -0.15) is 13.2 Å². The van der Waals surface area contributed by atoms with E-state index in [1.165, 1.54) is 6.20 Å². The number of rotatable bonds is 4. The quantitative estimate of drug-likeness (QED) is 0.780. The highest BCUT2D eigenvalue weighted by Crippen LogP contribution is 2.38. The molecule has 0 fully saturated rings. The van der Waals surface area contributed by atoms with E-state index in [0.29, 0.717) is 12.1 Å². The van der Waals surface area contributed by atoms with Gasteiger partial charge in [0.25, 0.3) is 0 Å². The second-order valence-electron chi connectivity index (χ2n) is 5.99. The molecule has 0 aliphatic carbocycles. The number of halogens is 3. The van der Waals surface area contributed by atoms with Gasteiger partial charge in [0.15, 0.2) is 0 Å². The van der Waals surface area contributed by atoms with Crippen LogP contribution in [-0.4, -0.2) is 11.6 Å². The maximum absolute atomic E-state index is 13.2. The number of pyridine rings is 1. The topological polar surface area (TPSA) is 22.1 Å². The molecule has 2 nitrogen and oxygen atoms in total. The fraction of sp³-hybridized carbons (Fsp3) is 0.438. The zero-order valence-corrected chi connectivity index (χ0v) is 13.5. The van der Waals surface area contributed by atoms with Crippen LogP contribution in [0.2, 0.25) is 0 Å². The Morgan fingerprint density at radius 3 is 2.50 bits per heavy atom. The van der Waals surface area contributed by atoms with Crippen molar-refractivity contribution in [3.05, 3.63) is 45.9 Å². The molecule has 0 spiro atoms. The third kappa shape index (κ3) is 4.22. The Kier molecular flexibility index (Phi) is 4.80. The first-order valence-electron chi connectivity index (χ1n) is 6.91. The second kappa shape index (κ2) is 6.28. The van der Waals surface area contributed by atoms with E-state index in [1.807, 2.05) is 38.3 Å². The van der Waals surface area contributed by atoms with Gasteiger partial charge in [0.05, 0.1) is 12.8 Å². The van der Waals surface area contributed by atoms with E-state index >= 15 is 0 Å². The zero-order chi connectivity index (χ0) is 16.4. The van der Waals surface area contributed by atoms with Gasteiger partial charge >= 0.3 is 6.18 Å². The molecule has 2 heterocycles. The molecule has 0 radical (unpaired) electrons. The molecular formula is C16H18F3NOS. The van der Waals surface area contributed by atoms with Crippen molar-refractivity contribution >= 4 is 11.3 Å². The fourth-order valence-electron chi connectivity index (χ4n) is 1.91. The maximum atomic E-state index is 13.2. The number of alkyl halides is 3. The highest BCUT2D eigenvalue weighted by atomic mass is 32.1. The Bertz CT molecular complexity index is 615. The minimum Gasteiger partial charge on any atom is -0.491 e. The van der Waals surface area contributed by atoms with Gasteiger partial charge < -0.3 is 4.74 Å². The van der Waals surface area contributed by atoms with Crippen LogP contribution >= 0.6 is 11.3 Å². The molecule has 0 unspecified atom stereocenters. The molecule has 0 aliphatic rings. The Morgan fingerprint density at radius 2 is 1.95 bits per heavy atom. The summed E-state index contributed by atoms with van der Waals surface area (Å²) in [5, 5.41) is 1.93. The van der Waals surface area contributed by atoms with Crippen LogP contribution < -0.4 is 4.74 Å². The molecule has 22 heavy (non-hydrogen) atoms. The van der Waals surface area contributed by atoms with Crippen molar-refractivity contribution in [1.82, 2.24) is 4.98 Å². The molecule has 120 valence electrons. The summed E-state index contributed by atoms with van der Waals surface area (Å²) < 4.78 is 45.0. The lowest BCUT2D eigenvalue weighted by atomic mass is 9.90. The minimum absolute atomic E-state index is 0.195. The first-order chi connectivity index (χ1) is 10.2. The van der Waals surface area contributed by atoms with Gasteiger partial charge in [-0.1, -0.05) is 26.8 Å². The van der Waals surface area contributed by atoms with E-state index in [0.717, 1.165) is 10.9 Å². The van der Waals surface area contributed by atoms with Gasteiger partial charge in [-0.15, -0.1) is 11.3 Å². The molecule has 0 bridgehead atoms. The van der Waals surface area contributed by atoms with Crippen molar-refractivity contribution < 1.29 is 17.9 Å². The third-order valence-corrected chi connectivity index (χ3v) is 4.06. The van der Waals surface area contributed by atoms with Gasteiger partial charge in [0.2, 0.25) is 0 Å². The van der Waals surface area contributed by atoms with Crippen LogP contribution in [0.4, 0.5) is 13.2 Å². The molecule has 0 saturated carbocycles. The van der Waals surface area contributed by atoms with Gasteiger partial charge in [0.1, 0.15) is 11.3 Å². The zero-order valence-electron chi connectivity index (χ0n) is 12.7. The monoisotopic (exact) mass is 329 g/mol. The van der Waals surface area contributed by atoms with Crippen LogP contribution in [0.25, 0.3) is 0 Å². The van der Waals surface area contributed by atoms with Crippen LogP contribution in [0, 0.1) is 0 Å². The minimum atomic E-state index is -4.46. The van der Waals surface area contributed by atoms with Crippen molar-refractivity contribution in [2.45, 2.75) is 38.8 Å². The Labute approximate surface area is 132 Å². The highest BCUT2D eigenvalue weighted by molar-refractivity contribution is 7.09. The molecule has 2 aromatic rings. The van der Waals surface area contributed by atoms with Gasteiger partial charge in [-0.25, -0.2) is 0 Å². The molecule has 2 rings (SSSR count). The van der Waals surface area contributed by atoms with Crippen LogP contribution in [0.15, 0.2) is 29.8 Å². The summed E-state index contributed by atoms with van der Waals surface area (Å²) in [6.07, 6.45) is -2.70.